The SMILES string of the molecule is COC1CCCN(C(=O)N2CCC(C)C2C(=O)O)C1. The van der Waals surface area contributed by atoms with E-state index in [0.29, 0.717) is 19.6 Å². The van der Waals surface area contributed by atoms with E-state index < -0.39 is 12.0 Å². The smallest absolute Gasteiger partial charge is 0.326 e. The average Bonchev–Trinajstić information content (AvgIpc) is 2.80. The summed E-state index contributed by atoms with van der Waals surface area (Å²) in [6.07, 6.45) is 2.69. The molecule has 6 heteroatoms. The third-order valence-electron chi connectivity index (χ3n) is 4.18. The molecule has 0 aromatic carbocycles. The molecule has 0 radical (unpaired) electrons. The van der Waals surface area contributed by atoms with Crippen LogP contribution in [0.1, 0.15) is 26.2 Å². The molecule has 2 amide bonds. The normalized spacial score (nSPS) is 31.6. The Morgan fingerprint density at radius 2 is 2.00 bits per heavy atom. The molecule has 0 saturated carbocycles. The van der Waals surface area contributed by atoms with Crippen LogP contribution in [0.5, 0.6) is 0 Å². The van der Waals surface area contributed by atoms with Gasteiger partial charge in [0.05, 0.1) is 6.10 Å². The zero-order valence-electron chi connectivity index (χ0n) is 11.5. The van der Waals surface area contributed by atoms with Gasteiger partial charge in [-0.05, 0) is 25.2 Å². The van der Waals surface area contributed by atoms with Crippen LogP contribution in [0, 0.1) is 5.92 Å². The van der Waals surface area contributed by atoms with Gasteiger partial charge in [-0.15, -0.1) is 0 Å². The van der Waals surface area contributed by atoms with E-state index in [2.05, 4.69) is 0 Å². The third-order valence-corrected chi connectivity index (χ3v) is 4.18. The first-order valence-electron chi connectivity index (χ1n) is 6.85. The molecule has 2 aliphatic rings. The summed E-state index contributed by atoms with van der Waals surface area (Å²) >= 11 is 0. The molecule has 0 aliphatic carbocycles. The maximum absolute atomic E-state index is 12.5. The van der Waals surface area contributed by atoms with E-state index >= 15 is 0 Å². The quantitative estimate of drug-likeness (QED) is 0.813. The van der Waals surface area contributed by atoms with E-state index in [-0.39, 0.29) is 18.1 Å². The van der Waals surface area contributed by atoms with Gasteiger partial charge in [0.25, 0.3) is 0 Å². The fourth-order valence-electron chi connectivity index (χ4n) is 3.02. The summed E-state index contributed by atoms with van der Waals surface area (Å²) in [5.41, 5.74) is 0. The highest BCUT2D eigenvalue weighted by atomic mass is 16.5. The molecule has 6 nitrogen and oxygen atoms in total. The highest BCUT2D eigenvalue weighted by Crippen LogP contribution is 2.26. The van der Waals surface area contributed by atoms with Gasteiger partial charge in [-0.1, -0.05) is 6.92 Å². The number of rotatable bonds is 2. The minimum Gasteiger partial charge on any atom is -0.480 e. The Hall–Kier alpha value is -1.30. The number of methoxy groups -OCH3 is 1. The number of likely N-dealkylation sites (tertiary alicyclic amines) is 2. The summed E-state index contributed by atoms with van der Waals surface area (Å²) in [4.78, 5) is 27.0. The van der Waals surface area contributed by atoms with E-state index in [9.17, 15) is 14.7 Å². The van der Waals surface area contributed by atoms with Gasteiger partial charge in [0.15, 0.2) is 0 Å². The van der Waals surface area contributed by atoms with Crippen molar-refractivity contribution < 1.29 is 19.4 Å². The molecule has 2 aliphatic heterocycles. The van der Waals surface area contributed by atoms with Crippen LogP contribution < -0.4 is 0 Å². The van der Waals surface area contributed by atoms with Crippen molar-refractivity contribution in [3.8, 4) is 0 Å². The van der Waals surface area contributed by atoms with Crippen molar-refractivity contribution in [1.29, 1.82) is 0 Å². The second kappa shape index (κ2) is 5.77. The maximum Gasteiger partial charge on any atom is 0.326 e. The van der Waals surface area contributed by atoms with Crippen molar-refractivity contribution in [2.75, 3.05) is 26.7 Å². The Balaban J connectivity index is 2.04. The molecule has 2 rings (SSSR count). The Kier molecular flexibility index (Phi) is 4.29. The van der Waals surface area contributed by atoms with Gasteiger partial charge in [-0.3, -0.25) is 0 Å². The minimum atomic E-state index is -0.904. The molecular formula is C13H22N2O4. The maximum atomic E-state index is 12.5. The highest BCUT2D eigenvalue weighted by molar-refractivity contribution is 5.83. The van der Waals surface area contributed by atoms with Gasteiger partial charge in [0.2, 0.25) is 0 Å². The van der Waals surface area contributed by atoms with Crippen LogP contribution in [0.15, 0.2) is 0 Å². The van der Waals surface area contributed by atoms with E-state index in [1.807, 2.05) is 6.92 Å². The first-order valence-corrected chi connectivity index (χ1v) is 6.85. The summed E-state index contributed by atoms with van der Waals surface area (Å²) in [5.74, 6) is -0.886. The number of carbonyl (C=O) groups excluding carboxylic acids is 1. The Bertz CT molecular complexity index is 361. The van der Waals surface area contributed by atoms with Crippen LogP contribution in [-0.4, -0.2) is 65.8 Å². The third kappa shape index (κ3) is 2.83. The van der Waals surface area contributed by atoms with Crippen molar-refractivity contribution in [3.05, 3.63) is 0 Å². The summed E-state index contributed by atoms with van der Waals surface area (Å²) in [5, 5.41) is 9.26. The van der Waals surface area contributed by atoms with Gasteiger partial charge in [-0.25, -0.2) is 9.59 Å². The van der Waals surface area contributed by atoms with Gasteiger partial charge in [0, 0.05) is 26.7 Å². The van der Waals surface area contributed by atoms with Crippen molar-refractivity contribution in [2.45, 2.75) is 38.3 Å². The lowest BCUT2D eigenvalue weighted by Gasteiger charge is -2.36. The van der Waals surface area contributed by atoms with Crippen LogP contribution >= 0.6 is 0 Å². The first kappa shape index (κ1) is 14.1. The number of amides is 2. The van der Waals surface area contributed by atoms with E-state index in [4.69, 9.17) is 4.74 Å². The number of urea groups is 1. The second-order valence-corrected chi connectivity index (χ2v) is 5.47. The molecule has 2 fully saturated rings. The molecular weight excluding hydrogens is 248 g/mol. The lowest BCUT2D eigenvalue weighted by molar-refractivity contribution is -0.142. The molecule has 2 heterocycles. The zero-order valence-corrected chi connectivity index (χ0v) is 11.5. The largest absolute Gasteiger partial charge is 0.480 e. The summed E-state index contributed by atoms with van der Waals surface area (Å²) in [7, 11) is 1.65. The summed E-state index contributed by atoms with van der Waals surface area (Å²) in [6.45, 7) is 3.67. The van der Waals surface area contributed by atoms with Gasteiger partial charge >= 0.3 is 12.0 Å². The van der Waals surface area contributed by atoms with E-state index in [0.717, 1.165) is 19.3 Å². The molecule has 3 unspecified atom stereocenters. The number of hydrogen-bond donors (Lipinski definition) is 1. The number of carboxylic acids is 1. The molecule has 0 bridgehead atoms. The Morgan fingerprint density at radius 1 is 1.26 bits per heavy atom. The van der Waals surface area contributed by atoms with Crippen LogP contribution in [0.4, 0.5) is 4.79 Å². The van der Waals surface area contributed by atoms with E-state index in [1.165, 1.54) is 4.90 Å². The molecule has 0 spiro atoms. The summed E-state index contributed by atoms with van der Waals surface area (Å²) in [6, 6.07) is -0.839. The lowest BCUT2D eigenvalue weighted by atomic mass is 10.0. The number of nitrogens with zero attached hydrogens (tertiary/aromatic N) is 2. The molecule has 1 N–H and O–H groups in total. The van der Waals surface area contributed by atoms with E-state index in [1.54, 1.807) is 12.0 Å². The Morgan fingerprint density at radius 3 is 2.63 bits per heavy atom. The number of hydrogen-bond acceptors (Lipinski definition) is 3. The van der Waals surface area contributed by atoms with Crippen LogP contribution in [0.25, 0.3) is 0 Å². The predicted octanol–water partition coefficient (Wildman–Crippen LogP) is 1.01. The molecule has 19 heavy (non-hydrogen) atoms. The number of aliphatic carboxylic acids is 1. The minimum absolute atomic E-state index is 0.0180. The number of carbonyl (C=O) groups is 2. The van der Waals surface area contributed by atoms with Crippen molar-refractivity contribution in [3.63, 3.8) is 0 Å². The van der Waals surface area contributed by atoms with Crippen LogP contribution in [-0.2, 0) is 9.53 Å². The van der Waals surface area contributed by atoms with Gasteiger partial charge < -0.3 is 19.6 Å². The molecule has 3 atom stereocenters. The highest BCUT2D eigenvalue weighted by Gasteiger charge is 2.41. The van der Waals surface area contributed by atoms with Gasteiger partial charge in [0.1, 0.15) is 6.04 Å². The fourth-order valence-corrected chi connectivity index (χ4v) is 3.02. The second-order valence-electron chi connectivity index (χ2n) is 5.47. The predicted molar refractivity (Wildman–Crippen MR) is 68.9 cm³/mol. The standard InChI is InChI=1S/C13H22N2O4/c1-9-5-7-15(11(9)12(16)17)13(18)14-6-3-4-10(8-14)19-2/h9-11H,3-8H2,1-2H3,(H,16,17). The summed E-state index contributed by atoms with van der Waals surface area (Å²) < 4.78 is 5.30. The molecule has 108 valence electrons. The lowest BCUT2D eigenvalue weighted by Crippen LogP contribution is -2.52. The van der Waals surface area contributed by atoms with Crippen molar-refractivity contribution in [1.82, 2.24) is 9.80 Å². The number of carboxylic acid groups (broad SMARTS) is 1. The number of ether oxygens (including phenoxy) is 1. The van der Waals surface area contributed by atoms with Crippen LogP contribution in [0.3, 0.4) is 0 Å². The van der Waals surface area contributed by atoms with Crippen LogP contribution in [0.2, 0.25) is 0 Å². The Labute approximate surface area is 113 Å². The average molecular weight is 270 g/mol. The first-order chi connectivity index (χ1) is 9.04. The number of piperidine rings is 1. The molecule has 0 aromatic rings. The molecule has 0 aromatic heterocycles. The zero-order chi connectivity index (χ0) is 14.0. The monoisotopic (exact) mass is 270 g/mol. The fraction of sp³-hybridized carbons (Fsp3) is 0.846. The van der Waals surface area contributed by atoms with Crippen molar-refractivity contribution in [2.24, 2.45) is 5.92 Å². The van der Waals surface area contributed by atoms with Crippen molar-refractivity contribution >= 4 is 12.0 Å². The topological polar surface area (TPSA) is 70.1 Å². The molecule has 2 saturated heterocycles. The van der Waals surface area contributed by atoms with Gasteiger partial charge in [-0.2, -0.15) is 0 Å².